The van der Waals surface area contributed by atoms with Gasteiger partial charge < -0.3 is 15.8 Å². The number of carbonyl (C=O) groups is 1. The van der Waals surface area contributed by atoms with Crippen LogP contribution in [0.2, 0.25) is 0 Å². The third kappa shape index (κ3) is 6.06. The number of nitrogens with one attached hydrogen (secondary N) is 1. The Morgan fingerprint density at radius 1 is 1.40 bits per heavy atom. The molecular formula is C16H26N2O2. The summed E-state index contributed by atoms with van der Waals surface area (Å²) < 4.78 is 5.16. The van der Waals surface area contributed by atoms with Gasteiger partial charge in [0.05, 0.1) is 7.11 Å². The third-order valence-electron chi connectivity index (χ3n) is 3.24. The van der Waals surface area contributed by atoms with Crippen LogP contribution in [0.5, 0.6) is 5.75 Å². The molecule has 1 rings (SSSR count). The van der Waals surface area contributed by atoms with E-state index in [1.54, 1.807) is 7.11 Å². The Hall–Kier alpha value is -1.55. The van der Waals surface area contributed by atoms with Gasteiger partial charge in [-0.05, 0) is 42.5 Å². The van der Waals surface area contributed by atoms with Crippen LogP contribution in [0, 0.1) is 11.8 Å². The Morgan fingerprint density at radius 2 is 2.15 bits per heavy atom. The van der Waals surface area contributed by atoms with Crippen LogP contribution in [0.1, 0.15) is 32.3 Å². The van der Waals surface area contributed by atoms with Crippen molar-refractivity contribution in [3.05, 3.63) is 29.8 Å². The van der Waals surface area contributed by atoms with Crippen LogP contribution in [0.15, 0.2) is 24.3 Å². The van der Waals surface area contributed by atoms with E-state index in [1.165, 1.54) is 0 Å². The second kappa shape index (κ2) is 8.59. The van der Waals surface area contributed by atoms with Crippen molar-refractivity contribution in [2.45, 2.75) is 33.2 Å². The molecule has 0 bridgehead atoms. The Labute approximate surface area is 121 Å². The highest BCUT2D eigenvalue weighted by molar-refractivity contribution is 5.76. The maximum absolute atomic E-state index is 11.9. The number of benzene rings is 1. The van der Waals surface area contributed by atoms with Crippen LogP contribution in [0.25, 0.3) is 0 Å². The lowest BCUT2D eigenvalue weighted by Crippen LogP contribution is -2.28. The molecule has 1 aromatic carbocycles. The molecule has 1 atom stereocenters. The molecule has 0 spiro atoms. The highest BCUT2D eigenvalue weighted by atomic mass is 16.5. The lowest BCUT2D eigenvalue weighted by Gasteiger charge is -2.16. The summed E-state index contributed by atoms with van der Waals surface area (Å²) in [5.41, 5.74) is 6.75. The molecule has 112 valence electrons. The van der Waals surface area contributed by atoms with Gasteiger partial charge in [-0.2, -0.15) is 0 Å². The van der Waals surface area contributed by atoms with E-state index in [-0.39, 0.29) is 11.8 Å². The molecule has 0 aliphatic rings. The lowest BCUT2D eigenvalue weighted by molar-refractivity contribution is -0.122. The maximum atomic E-state index is 11.9. The highest BCUT2D eigenvalue weighted by Crippen LogP contribution is 2.15. The summed E-state index contributed by atoms with van der Waals surface area (Å²) in [6.07, 6.45) is 1.49. The number of carbonyl (C=O) groups excluding carboxylic acids is 1. The Bertz CT molecular complexity index is 419. The second-order valence-electron chi connectivity index (χ2n) is 5.56. The zero-order valence-corrected chi connectivity index (χ0v) is 12.7. The number of ether oxygens (including phenoxy) is 1. The Balaban J connectivity index is 2.42. The average Bonchev–Trinajstić information content (AvgIpc) is 2.44. The van der Waals surface area contributed by atoms with E-state index in [4.69, 9.17) is 10.5 Å². The first kappa shape index (κ1) is 16.5. The second-order valence-corrected chi connectivity index (χ2v) is 5.56. The van der Waals surface area contributed by atoms with E-state index in [0.717, 1.165) is 17.7 Å². The van der Waals surface area contributed by atoms with Crippen molar-refractivity contribution in [2.24, 2.45) is 17.6 Å². The van der Waals surface area contributed by atoms with Crippen LogP contribution in [-0.4, -0.2) is 19.6 Å². The topological polar surface area (TPSA) is 64.3 Å². The average molecular weight is 278 g/mol. The number of hydrogen-bond donors (Lipinski definition) is 2. The molecule has 20 heavy (non-hydrogen) atoms. The van der Waals surface area contributed by atoms with Gasteiger partial charge in [0, 0.05) is 13.0 Å². The predicted octanol–water partition coefficient (Wildman–Crippen LogP) is 2.32. The van der Waals surface area contributed by atoms with Crippen molar-refractivity contribution < 1.29 is 9.53 Å². The molecule has 1 aromatic rings. The molecule has 3 N–H and O–H groups in total. The van der Waals surface area contributed by atoms with Crippen molar-refractivity contribution in [1.29, 1.82) is 0 Å². The van der Waals surface area contributed by atoms with Crippen LogP contribution >= 0.6 is 0 Å². The summed E-state index contributed by atoms with van der Waals surface area (Å²) in [5, 5.41) is 2.94. The third-order valence-corrected chi connectivity index (χ3v) is 3.24. The first-order chi connectivity index (χ1) is 9.55. The summed E-state index contributed by atoms with van der Waals surface area (Å²) in [5.74, 6) is 1.69. The summed E-state index contributed by atoms with van der Waals surface area (Å²) >= 11 is 0. The summed E-state index contributed by atoms with van der Waals surface area (Å²) in [6, 6.07) is 7.70. The first-order valence-electron chi connectivity index (χ1n) is 7.14. The zero-order valence-electron chi connectivity index (χ0n) is 12.7. The number of nitrogens with two attached hydrogens (primary N) is 1. The predicted molar refractivity (Wildman–Crippen MR) is 81.5 cm³/mol. The van der Waals surface area contributed by atoms with Gasteiger partial charge >= 0.3 is 0 Å². The van der Waals surface area contributed by atoms with Gasteiger partial charge in [-0.25, -0.2) is 0 Å². The SMILES string of the molecule is COc1cccc(CNC(=O)CC(CN)CC(C)C)c1. The van der Waals surface area contributed by atoms with Gasteiger partial charge in [0.15, 0.2) is 0 Å². The summed E-state index contributed by atoms with van der Waals surface area (Å²) in [4.78, 5) is 11.9. The normalized spacial score (nSPS) is 12.2. The smallest absolute Gasteiger partial charge is 0.220 e. The van der Waals surface area contributed by atoms with Crippen molar-refractivity contribution >= 4 is 5.91 Å². The molecule has 0 aromatic heterocycles. The first-order valence-corrected chi connectivity index (χ1v) is 7.14. The molecule has 0 fully saturated rings. The zero-order chi connectivity index (χ0) is 15.0. The van der Waals surface area contributed by atoms with Crippen molar-refractivity contribution in [3.8, 4) is 5.75 Å². The minimum atomic E-state index is 0.0592. The van der Waals surface area contributed by atoms with Gasteiger partial charge in [-0.15, -0.1) is 0 Å². The molecular weight excluding hydrogens is 252 g/mol. The number of rotatable bonds is 8. The van der Waals surface area contributed by atoms with Gasteiger partial charge in [-0.1, -0.05) is 26.0 Å². The molecule has 4 heteroatoms. The van der Waals surface area contributed by atoms with E-state index >= 15 is 0 Å². The monoisotopic (exact) mass is 278 g/mol. The molecule has 0 radical (unpaired) electrons. The lowest BCUT2D eigenvalue weighted by atomic mass is 9.94. The number of methoxy groups -OCH3 is 1. The maximum Gasteiger partial charge on any atom is 0.220 e. The van der Waals surface area contributed by atoms with E-state index in [1.807, 2.05) is 24.3 Å². The minimum Gasteiger partial charge on any atom is -0.497 e. The van der Waals surface area contributed by atoms with E-state index in [0.29, 0.717) is 25.4 Å². The largest absolute Gasteiger partial charge is 0.497 e. The highest BCUT2D eigenvalue weighted by Gasteiger charge is 2.13. The van der Waals surface area contributed by atoms with Gasteiger partial charge in [0.25, 0.3) is 0 Å². The Kier molecular flexibility index (Phi) is 7.09. The minimum absolute atomic E-state index is 0.0592. The summed E-state index contributed by atoms with van der Waals surface area (Å²) in [6.45, 7) is 5.38. The van der Waals surface area contributed by atoms with Crippen LogP contribution in [0.4, 0.5) is 0 Å². The Morgan fingerprint density at radius 3 is 2.75 bits per heavy atom. The fourth-order valence-electron chi connectivity index (χ4n) is 2.25. The van der Waals surface area contributed by atoms with Crippen molar-refractivity contribution in [2.75, 3.05) is 13.7 Å². The van der Waals surface area contributed by atoms with Crippen molar-refractivity contribution in [3.63, 3.8) is 0 Å². The fourth-order valence-corrected chi connectivity index (χ4v) is 2.25. The molecule has 4 nitrogen and oxygen atoms in total. The molecule has 0 heterocycles. The molecule has 0 aliphatic carbocycles. The van der Waals surface area contributed by atoms with E-state index < -0.39 is 0 Å². The van der Waals surface area contributed by atoms with Crippen LogP contribution in [-0.2, 0) is 11.3 Å². The van der Waals surface area contributed by atoms with Gasteiger partial charge in [0.1, 0.15) is 5.75 Å². The van der Waals surface area contributed by atoms with E-state index in [2.05, 4.69) is 19.2 Å². The van der Waals surface area contributed by atoms with Gasteiger partial charge in [-0.3, -0.25) is 4.79 Å². The fraction of sp³-hybridized carbons (Fsp3) is 0.562. The summed E-state index contributed by atoms with van der Waals surface area (Å²) in [7, 11) is 1.63. The van der Waals surface area contributed by atoms with Crippen molar-refractivity contribution in [1.82, 2.24) is 5.32 Å². The number of amides is 1. The molecule has 1 unspecified atom stereocenters. The molecule has 0 saturated heterocycles. The van der Waals surface area contributed by atoms with Crippen LogP contribution < -0.4 is 15.8 Å². The van der Waals surface area contributed by atoms with E-state index in [9.17, 15) is 4.79 Å². The van der Waals surface area contributed by atoms with Crippen LogP contribution in [0.3, 0.4) is 0 Å². The quantitative estimate of drug-likeness (QED) is 0.767. The number of hydrogen-bond acceptors (Lipinski definition) is 3. The van der Waals surface area contributed by atoms with Gasteiger partial charge in [0.2, 0.25) is 5.91 Å². The standard InChI is InChI=1S/C16H26N2O2/c1-12(2)7-14(10-17)9-16(19)18-11-13-5-4-6-15(8-13)20-3/h4-6,8,12,14H,7,9-11,17H2,1-3H3,(H,18,19). The molecule has 0 saturated carbocycles. The molecule has 1 amide bonds. The molecule has 0 aliphatic heterocycles.